The molecule has 116 valence electrons. The lowest BCUT2D eigenvalue weighted by Gasteiger charge is -1.93. The van der Waals surface area contributed by atoms with Gasteiger partial charge in [0.1, 0.15) is 0 Å². The molecular formula is C16H13N3O4. The molecule has 7 nitrogen and oxygen atoms in total. The second-order valence-corrected chi connectivity index (χ2v) is 4.44. The van der Waals surface area contributed by atoms with Gasteiger partial charge in [0, 0.05) is 12.1 Å². The van der Waals surface area contributed by atoms with Gasteiger partial charge < -0.3 is 10.1 Å². The zero-order valence-electron chi connectivity index (χ0n) is 11.9. The monoisotopic (exact) mass is 311 g/mol. The van der Waals surface area contributed by atoms with Crippen molar-refractivity contribution >= 4 is 11.7 Å². The number of carboxylic acids is 1. The number of non-ortho nitro benzene ring substituents is 1. The van der Waals surface area contributed by atoms with Gasteiger partial charge in [-0.3, -0.25) is 10.1 Å². The minimum Gasteiger partial charge on any atom is -0.478 e. The Balaban J connectivity index is 0.000000167. The first-order valence-corrected chi connectivity index (χ1v) is 6.59. The Kier molecular flexibility index (Phi) is 5.19. The summed E-state index contributed by atoms with van der Waals surface area (Å²) >= 11 is 0. The summed E-state index contributed by atoms with van der Waals surface area (Å²) in [6.45, 7) is 0. The molecule has 2 aromatic carbocycles. The van der Waals surface area contributed by atoms with Crippen molar-refractivity contribution in [3.05, 3.63) is 82.8 Å². The SMILES string of the molecule is O=C(O)c1ccc([N+](=O)[O-])cc1.c1ccc(-c2cnc[nH]2)cc1. The van der Waals surface area contributed by atoms with Crippen LogP contribution in [0.5, 0.6) is 0 Å². The largest absolute Gasteiger partial charge is 0.478 e. The van der Waals surface area contributed by atoms with Crippen molar-refractivity contribution in [1.82, 2.24) is 9.97 Å². The van der Waals surface area contributed by atoms with Crippen molar-refractivity contribution in [1.29, 1.82) is 0 Å². The summed E-state index contributed by atoms with van der Waals surface area (Å²) in [6, 6.07) is 14.8. The first-order valence-electron chi connectivity index (χ1n) is 6.59. The van der Waals surface area contributed by atoms with E-state index in [9.17, 15) is 14.9 Å². The van der Waals surface area contributed by atoms with Crippen LogP contribution in [0.25, 0.3) is 11.3 Å². The molecule has 3 rings (SSSR count). The molecule has 0 unspecified atom stereocenters. The molecule has 0 aliphatic carbocycles. The summed E-state index contributed by atoms with van der Waals surface area (Å²) in [5.74, 6) is -1.09. The van der Waals surface area contributed by atoms with Gasteiger partial charge in [-0.2, -0.15) is 0 Å². The number of nitrogens with one attached hydrogen (secondary N) is 1. The van der Waals surface area contributed by atoms with E-state index in [1.165, 1.54) is 17.7 Å². The fourth-order valence-corrected chi connectivity index (χ4v) is 1.76. The van der Waals surface area contributed by atoms with Crippen LogP contribution in [0.2, 0.25) is 0 Å². The molecule has 0 saturated carbocycles. The highest BCUT2D eigenvalue weighted by molar-refractivity contribution is 5.87. The number of rotatable bonds is 3. The molecule has 0 saturated heterocycles. The highest BCUT2D eigenvalue weighted by Gasteiger charge is 2.06. The summed E-state index contributed by atoms with van der Waals surface area (Å²) in [5.41, 5.74) is 2.16. The van der Waals surface area contributed by atoms with Crippen LogP contribution >= 0.6 is 0 Å². The number of carbonyl (C=O) groups is 1. The molecule has 23 heavy (non-hydrogen) atoms. The van der Waals surface area contributed by atoms with E-state index in [2.05, 4.69) is 9.97 Å². The van der Waals surface area contributed by atoms with Gasteiger partial charge in [0.05, 0.1) is 28.7 Å². The Morgan fingerprint density at radius 2 is 1.74 bits per heavy atom. The van der Waals surface area contributed by atoms with E-state index in [4.69, 9.17) is 5.11 Å². The second kappa shape index (κ2) is 7.51. The van der Waals surface area contributed by atoms with Crippen LogP contribution in [-0.2, 0) is 0 Å². The van der Waals surface area contributed by atoms with Gasteiger partial charge in [-0.15, -0.1) is 0 Å². The van der Waals surface area contributed by atoms with Gasteiger partial charge in [-0.25, -0.2) is 9.78 Å². The maximum atomic E-state index is 10.3. The Bertz CT molecular complexity index is 736. The molecule has 0 spiro atoms. The molecule has 1 heterocycles. The van der Waals surface area contributed by atoms with Crippen molar-refractivity contribution in [3.63, 3.8) is 0 Å². The van der Waals surface area contributed by atoms with Gasteiger partial charge in [-0.05, 0) is 17.7 Å². The Hall–Kier alpha value is -3.48. The van der Waals surface area contributed by atoms with E-state index < -0.39 is 10.9 Å². The molecular weight excluding hydrogens is 298 g/mol. The highest BCUT2D eigenvalue weighted by atomic mass is 16.6. The minimum absolute atomic E-state index is 0.0422. The van der Waals surface area contributed by atoms with Gasteiger partial charge in [0.15, 0.2) is 0 Å². The van der Waals surface area contributed by atoms with E-state index in [1.54, 1.807) is 6.33 Å². The first-order chi connectivity index (χ1) is 11.1. The number of nitro groups is 1. The topological polar surface area (TPSA) is 109 Å². The van der Waals surface area contributed by atoms with Crippen molar-refractivity contribution in [2.24, 2.45) is 0 Å². The number of imidazole rings is 1. The zero-order valence-corrected chi connectivity index (χ0v) is 11.9. The van der Waals surface area contributed by atoms with Crippen LogP contribution in [0, 0.1) is 10.1 Å². The number of hydrogen-bond acceptors (Lipinski definition) is 4. The number of carboxylic acid groups (broad SMARTS) is 1. The number of nitro benzene ring substituents is 1. The predicted molar refractivity (Wildman–Crippen MR) is 84.1 cm³/mol. The van der Waals surface area contributed by atoms with E-state index in [-0.39, 0.29) is 11.3 Å². The second-order valence-electron chi connectivity index (χ2n) is 4.44. The number of aromatic amines is 1. The van der Waals surface area contributed by atoms with Crippen LogP contribution in [0.1, 0.15) is 10.4 Å². The van der Waals surface area contributed by atoms with Crippen LogP contribution in [0.15, 0.2) is 67.1 Å². The number of H-pyrrole nitrogens is 1. The predicted octanol–water partition coefficient (Wildman–Crippen LogP) is 3.37. The number of nitrogens with zero attached hydrogens (tertiary/aromatic N) is 2. The molecule has 1 aromatic heterocycles. The molecule has 0 amide bonds. The third kappa shape index (κ3) is 4.50. The quantitative estimate of drug-likeness (QED) is 0.569. The van der Waals surface area contributed by atoms with Crippen molar-refractivity contribution < 1.29 is 14.8 Å². The molecule has 0 radical (unpaired) electrons. The minimum atomic E-state index is -1.09. The van der Waals surface area contributed by atoms with E-state index in [0.29, 0.717) is 0 Å². The number of benzene rings is 2. The van der Waals surface area contributed by atoms with Gasteiger partial charge in [0.25, 0.3) is 5.69 Å². The molecule has 7 heteroatoms. The molecule has 0 bridgehead atoms. The first kappa shape index (κ1) is 15.9. The molecule has 3 aromatic rings. The summed E-state index contributed by atoms with van der Waals surface area (Å²) < 4.78 is 0. The third-order valence-corrected chi connectivity index (χ3v) is 2.91. The fourth-order valence-electron chi connectivity index (χ4n) is 1.76. The normalized spacial score (nSPS) is 9.57. The Morgan fingerprint density at radius 1 is 1.09 bits per heavy atom. The Labute approximate surface area is 131 Å². The van der Waals surface area contributed by atoms with Crippen molar-refractivity contribution in [3.8, 4) is 11.3 Å². The summed E-state index contributed by atoms with van der Waals surface area (Å²) in [5, 5.41) is 18.6. The molecule has 0 aliphatic heterocycles. The van der Waals surface area contributed by atoms with E-state index in [0.717, 1.165) is 17.8 Å². The average molecular weight is 311 g/mol. The van der Waals surface area contributed by atoms with Crippen molar-refractivity contribution in [2.75, 3.05) is 0 Å². The highest BCUT2D eigenvalue weighted by Crippen LogP contribution is 2.13. The summed E-state index contributed by atoms with van der Waals surface area (Å²) in [4.78, 5) is 26.9. The Morgan fingerprint density at radius 3 is 2.22 bits per heavy atom. The van der Waals surface area contributed by atoms with Crippen LogP contribution < -0.4 is 0 Å². The lowest BCUT2D eigenvalue weighted by Crippen LogP contribution is -1.96. The van der Waals surface area contributed by atoms with E-state index in [1.807, 2.05) is 36.5 Å². The number of aromatic nitrogens is 2. The molecule has 0 fully saturated rings. The fraction of sp³-hybridized carbons (Fsp3) is 0. The molecule has 0 aliphatic rings. The third-order valence-electron chi connectivity index (χ3n) is 2.91. The maximum Gasteiger partial charge on any atom is 0.335 e. The average Bonchev–Trinajstić information content (AvgIpc) is 3.11. The van der Waals surface area contributed by atoms with Crippen molar-refractivity contribution in [2.45, 2.75) is 0 Å². The summed E-state index contributed by atoms with van der Waals surface area (Å²) in [6.07, 6.45) is 3.50. The molecule has 2 N–H and O–H groups in total. The lowest BCUT2D eigenvalue weighted by molar-refractivity contribution is -0.384. The van der Waals surface area contributed by atoms with Crippen LogP contribution in [0.4, 0.5) is 5.69 Å². The smallest absolute Gasteiger partial charge is 0.335 e. The molecule has 0 atom stereocenters. The number of hydrogen-bond donors (Lipinski definition) is 2. The number of aromatic carboxylic acids is 1. The maximum absolute atomic E-state index is 10.3. The lowest BCUT2D eigenvalue weighted by atomic mass is 10.2. The van der Waals surface area contributed by atoms with Crippen LogP contribution in [0.3, 0.4) is 0 Å². The standard InChI is InChI=1S/C9H8N2.C7H5NO4/c1-2-4-8(5-3-1)9-6-10-7-11-9;9-7(10)5-1-3-6(4-2-5)8(11)12/h1-7H,(H,10,11);1-4H,(H,9,10). The summed E-state index contributed by atoms with van der Waals surface area (Å²) in [7, 11) is 0. The van der Waals surface area contributed by atoms with Gasteiger partial charge in [0.2, 0.25) is 0 Å². The van der Waals surface area contributed by atoms with Gasteiger partial charge >= 0.3 is 5.97 Å². The van der Waals surface area contributed by atoms with E-state index >= 15 is 0 Å². The van der Waals surface area contributed by atoms with Crippen LogP contribution in [-0.4, -0.2) is 26.0 Å². The van der Waals surface area contributed by atoms with Gasteiger partial charge in [-0.1, -0.05) is 30.3 Å². The zero-order chi connectivity index (χ0) is 16.7.